The fourth-order valence-electron chi connectivity index (χ4n) is 3.04. The van der Waals surface area contributed by atoms with Crippen LogP contribution in [0.1, 0.15) is 27.9 Å². The minimum atomic E-state index is 0.188. The molecule has 2 aromatic rings. The molecule has 0 radical (unpaired) electrons. The number of nitrogens with zero attached hydrogens (tertiary/aromatic N) is 2. The van der Waals surface area contributed by atoms with E-state index in [1.807, 2.05) is 36.4 Å². The topological polar surface area (TPSA) is 32.7 Å². The SMILES string of the molecule is O=C1CCN2C(c3ccccc3)=NCc3c(Cl)ccc1c32. The van der Waals surface area contributed by atoms with E-state index in [0.717, 1.165) is 28.2 Å². The molecule has 0 amide bonds. The van der Waals surface area contributed by atoms with Gasteiger partial charge in [0.2, 0.25) is 0 Å². The molecule has 2 heterocycles. The van der Waals surface area contributed by atoms with E-state index in [4.69, 9.17) is 16.6 Å². The lowest BCUT2D eigenvalue weighted by molar-refractivity contribution is 0.0981. The molecule has 2 aromatic carbocycles. The lowest BCUT2D eigenvalue weighted by Crippen LogP contribution is -2.40. The van der Waals surface area contributed by atoms with Crippen molar-refractivity contribution in [3.05, 3.63) is 64.2 Å². The second kappa shape index (κ2) is 4.71. The lowest BCUT2D eigenvalue weighted by Gasteiger charge is -2.36. The quantitative estimate of drug-likeness (QED) is 0.804. The molecule has 2 aliphatic heterocycles. The second-order valence-corrected chi connectivity index (χ2v) is 5.66. The average Bonchev–Trinajstić information content (AvgIpc) is 2.53. The zero-order valence-corrected chi connectivity index (χ0v) is 12.1. The number of hydrogen-bond acceptors (Lipinski definition) is 3. The first kappa shape index (κ1) is 12.6. The van der Waals surface area contributed by atoms with Crippen LogP contribution in [0, 0.1) is 0 Å². The van der Waals surface area contributed by atoms with Crippen molar-refractivity contribution in [2.75, 3.05) is 11.4 Å². The Balaban J connectivity index is 1.91. The van der Waals surface area contributed by atoms with Gasteiger partial charge in [-0.25, -0.2) is 0 Å². The first-order valence-corrected chi connectivity index (χ1v) is 7.35. The van der Waals surface area contributed by atoms with E-state index in [1.54, 1.807) is 6.07 Å². The minimum absolute atomic E-state index is 0.188. The highest BCUT2D eigenvalue weighted by molar-refractivity contribution is 6.32. The van der Waals surface area contributed by atoms with Gasteiger partial charge in [0.25, 0.3) is 0 Å². The van der Waals surface area contributed by atoms with Crippen molar-refractivity contribution in [1.82, 2.24) is 0 Å². The van der Waals surface area contributed by atoms with Crippen LogP contribution in [0.5, 0.6) is 0 Å². The van der Waals surface area contributed by atoms with Crippen molar-refractivity contribution in [1.29, 1.82) is 0 Å². The Kier molecular flexibility index (Phi) is 2.82. The Morgan fingerprint density at radius 3 is 2.71 bits per heavy atom. The summed E-state index contributed by atoms with van der Waals surface area (Å²) in [6, 6.07) is 13.7. The van der Waals surface area contributed by atoms with Gasteiger partial charge < -0.3 is 4.90 Å². The lowest BCUT2D eigenvalue weighted by atomic mass is 9.94. The fraction of sp³-hybridized carbons (Fsp3) is 0.176. The van der Waals surface area contributed by atoms with Crippen LogP contribution in [-0.4, -0.2) is 18.2 Å². The van der Waals surface area contributed by atoms with Crippen LogP contribution in [0.3, 0.4) is 0 Å². The highest BCUT2D eigenvalue weighted by Gasteiger charge is 2.32. The second-order valence-electron chi connectivity index (χ2n) is 5.25. The van der Waals surface area contributed by atoms with Crippen molar-refractivity contribution in [2.45, 2.75) is 13.0 Å². The standard InChI is InChI=1S/C17H13ClN2O/c18-14-7-6-12-15(21)8-9-20-16(12)13(14)10-19-17(20)11-4-2-1-3-5-11/h1-7H,8-10H2. The van der Waals surface area contributed by atoms with Gasteiger partial charge in [0.1, 0.15) is 5.84 Å². The van der Waals surface area contributed by atoms with Crippen LogP contribution in [0.4, 0.5) is 5.69 Å². The van der Waals surface area contributed by atoms with Crippen molar-refractivity contribution in [3.8, 4) is 0 Å². The highest BCUT2D eigenvalue weighted by Crippen LogP contribution is 2.39. The molecule has 0 fully saturated rings. The third-order valence-electron chi connectivity index (χ3n) is 4.03. The van der Waals surface area contributed by atoms with Gasteiger partial charge in [-0.2, -0.15) is 0 Å². The Labute approximate surface area is 127 Å². The molecule has 0 unspecified atom stereocenters. The molecule has 0 aromatic heterocycles. The number of hydrogen-bond donors (Lipinski definition) is 0. The molecule has 21 heavy (non-hydrogen) atoms. The summed E-state index contributed by atoms with van der Waals surface area (Å²) in [7, 11) is 0. The number of carbonyl (C=O) groups excluding carboxylic acids is 1. The third-order valence-corrected chi connectivity index (χ3v) is 4.39. The van der Waals surface area contributed by atoms with Crippen LogP contribution in [0.2, 0.25) is 5.02 Å². The van der Waals surface area contributed by atoms with Gasteiger partial charge in [0.15, 0.2) is 5.78 Å². The van der Waals surface area contributed by atoms with Gasteiger partial charge >= 0.3 is 0 Å². The number of rotatable bonds is 1. The minimum Gasteiger partial charge on any atom is -0.325 e. The van der Waals surface area contributed by atoms with Crippen LogP contribution in [0.25, 0.3) is 0 Å². The van der Waals surface area contributed by atoms with E-state index < -0.39 is 0 Å². The molecule has 4 rings (SSSR count). The van der Waals surface area contributed by atoms with Crippen LogP contribution < -0.4 is 4.90 Å². The van der Waals surface area contributed by atoms with Gasteiger partial charge in [0.05, 0.1) is 12.2 Å². The zero-order chi connectivity index (χ0) is 14.4. The van der Waals surface area contributed by atoms with Gasteiger partial charge in [-0.05, 0) is 12.1 Å². The van der Waals surface area contributed by atoms with Crippen LogP contribution >= 0.6 is 11.6 Å². The monoisotopic (exact) mass is 296 g/mol. The smallest absolute Gasteiger partial charge is 0.166 e. The molecular formula is C17H13ClN2O. The first-order chi connectivity index (χ1) is 10.3. The third kappa shape index (κ3) is 1.88. The molecule has 0 saturated heterocycles. The number of aliphatic imine (C=N–C) groups is 1. The molecule has 4 heteroatoms. The van der Waals surface area contributed by atoms with E-state index >= 15 is 0 Å². The maximum absolute atomic E-state index is 12.2. The van der Waals surface area contributed by atoms with E-state index in [2.05, 4.69) is 4.90 Å². The number of carbonyl (C=O) groups is 1. The highest BCUT2D eigenvalue weighted by atomic mass is 35.5. The molecule has 0 N–H and O–H groups in total. The zero-order valence-electron chi connectivity index (χ0n) is 11.3. The molecule has 0 spiro atoms. The number of ketones is 1. The largest absolute Gasteiger partial charge is 0.325 e. The maximum atomic E-state index is 12.2. The molecular weight excluding hydrogens is 284 g/mol. The summed E-state index contributed by atoms with van der Waals surface area (Å²) in [6.07, 6.45) is 0.514. The molecule has 0 bridgehead atoms. The fourth-order valence-corrected chi connectivity index (χ4v) is 3.25. The number of Topliss-reactive ketones (excluding diaryl/α,β-unsaturated/α-hetero) is 1. The van der Waals surface area contributed by atoms with Gasteiger partial charge in [-0.15, -0.1) is 0 Å². The van der Waals surface area contributed by atoms with Crippen molar-refractivity contribution in [2.24, 2.45) is 4.99 Å². The van der Waals surface area contributed by atoms with Gasteiger partial charge in [-0.1, -0.05) is 41.9 Å². The van der Waals surface area contributed by atoms with Gasteiger partial charge in [0, 0.05) is 34.7 Å². The summed E-state index contributed by atoms with van der Waals surface area (Å²) in [6.45, 7) is 1.18. The molecule has 2 aliphatic rings. The normalized spacial score (nSPS) is 16.5. The van der Waals surface area contributed by atoms with Crippen LogP contribution in [-0.2, 0) is 6.54 Å². The summed E-state index contributed by atoms with van der Waals surface area (Å²) in [4.78, 5) is 19.0. The summed E-state index contributed by atoms with van der Waals surface area (Å²) >= 11 is 6.29. The van der Waals surface area contributed by atoms with Gasteiger partial charge in [-0.3, -0.25) is 9.79 Å². The molecule has 3 nitrogen and oxygen atoms in total. The number of benzene rings is 2. The Hall–Kier alpha value is -2.13. The van der Waals surface area contributed by atoms with Crippen molar-refractivity contribution in [3.63, 3.8) is 0 Å². The summed E-state index contributed by atoms with van der Waals surface area (Å²) in [5, 5.41) is 0.685. The molecule has 0 atom stereocenters. The first-order valence-electron chi connectivity index (χ1n) is 6.97. The summed E-state index contributed by atoms with van der Waals surface area (Å²) in [5.74, 6) is 1.12. The Morgan fingerprint density at radius 1 is 1.10 bits per heavy atom. The summed E-state index contributed by atoms with van der Waals surface area (Å²) in [5.41, 5.74) is 3.75. The van der Waals surface area contributed by atoms with Crippen molar-refractivity contribution < 1.29 is 4.79 Å². The van der Waals surface area contributed by atoms with Crippen molar-refractivity contribution >= 4 is 28.9 Å². The molecule has 104 valence electrons. The predicted octanol–water partition coefficient (Wildman–Crippen LogP) is 3.69. The van der Waals surface area contributed by atoms with Crippen LogP contribution in [0.15, 0.2) is 47.5 Å². The van der Waals surface area contributed by atoms with E-state index in [0.29, 0.717) is 24.5 Å². The Bertz CT molecular complexity index is 768. The Morgan fingerprint density at radius 2 is 1.90 bits per heavy atom. The van der Waals surface area contributed by atoms with E-state index in [1.165, 1.54) is 0 Å². The predicted molar refractivity (Wildman–Crippen MR) is 84.4 cm³/mol. The molecule has 0 saturated carbocycles. The average molecular weight is 297 g/mol. The van der Waals surface area contributed by atoms with E-state index in [-0.39, 0.29) is 5.78 Å². The number of anilines is 1. The van der Waals surface area contributed by atoms with E-state index in [9.17, 15) is 4.79 Å². The maximum Gasteiger partial charge on any atom is 0.166 e. The molecule has 0 aliphatic carbocycles. The summed E-state index contributed by atoms with van der Waals surface area (Å²) < 4.78 is 0. The number of amidine groups is 1. The number of halogens is 1.